The summed E-state index contributed by atoms with van der Waals surface area (Å²) < 4.78 is 1.28. The van der Waals surface area contributed by atoms with Gasteiger partial charge in [0.15, 0.2) is 0 Å². The lowest BCUT2D eigenvalue weighted by Gasteiger charge is -2.63. The molecule has 1 aromatic carbocycles. The van der Waals surface area contributed by atoms with Gasteiger partial charge in [0, 0.05) is 0 Å². The molecule has 0 spiro atoms. The monoisotopic (exact) mass is 511 g/mol. The van der Waals surface area contributed by atoms with Crippen LogP contribution in [0.4, 0.5) is 0 Å². The van der Waals surface area contributed by atoms with E-state index in [9.17, 15) is 15.3 Å². The summed E-state index contributed by atoms with van der Waals surface area (Å²) >= 11 is 1.83. The van der Waals surface area contributed by atoms with E-state index in [0.29, 0.717) is 35.5 Å². The standard InChI is InChI=1S/C31H45NO3S/c1-17-5-9-24-26(13-17)36-28(32-24)10-6-18(2)21-7-8-22-29-23(16-27(35)31(21,22)4)30(3)12-11-20(33)14-19(30)15-25(29)34/h5,9,13,18-23,25,27,29,33-35H,6-8,10-12,14-16H2,1-4H3/t18?,19-,20+,21+,22-,23-,25+,27-,29-,30-,31+/m0/s1. The molecule has 6 rings (SSSR count). The summed E-state index contributed by atoms with van der Waals surface area (Å²) in [7, 11) is 0. The van der Waals surface area contributed by atoms with E-state index in [1.54, 1.807) is 0 Å². The maximum atomic E-state index is 11.8. The van der Waals surface area contributed by atoms with Crippen LogP contribution in [-0.2, 0) is 6.42 Å². The highest BCUT2D eigenvalue weighted by Crippen LogP contribution is 2.68. The molecule has 11 atom stereocenters. The highest BCUT2D eigenvalue weighted by atomic mass is 32.1. The molecule has 1 aromatic heterocycles. The van der Waals surface area contributed by atoms with Crippen molar-refractivity contribution in [3.05, 3.63) is 28.8 Å². The molecular formula is C31H45NO3S. The van der Waals surface area contributed by atoms with E-state index in [4.69, 9.17) is 4.98 Å². The third-order valence-electron chi connectivity index (χ3n) is 11.9. The molecule has 4 saturated carbocycles. The molecule has 4 aliphatic rings. The van der Waals surface area contributed by atoms with Crippen molar-refractivity contribution in [1.29, 1.82) is 0 Å². The molecule has 1 unspecified atom stereocenters. The zero-order valence-electron chi connectivity index (χ0n) is 22.5. The Morgan fingerprint density at radius 3 is 2.67 bits per heavy atom. The van der Waals surface area contributed by atoms with Crippen molar-refractivity contribution < 1.29 is 15.3 Å². The minimum absolute atomic E-state index is 0.121. The van der Waals surface area contributed by atoms with Crippen molar-refractivity contribution >= 4 is 21.6 Å². The topological polar surface area (TPSA) is 73.6 Å². The third-order valence-corrected chi connectivity index (χ3v) is 13.0. The second kappa shape index (κ2) is 9.03. The second-order valence-corrected chi connectivity index (χ2v) is 14.7. The fourth-order valence-electron chi connectivity index (χ4n) is 9.87. The highest BCUT2D eigenvalue weighted by molar-refractivity contribution is 7.18. The Balaban J connectivity index is 1.20. The molecule has 0 saturated heterocycles. The first-order valence-corrected chi connectivity index (χ1v) is 15.3. The van der Waals surface area contributed by atoms with Crippen molar-refractivity contribution in [2.24, 2.45) is 46.3 Å². The summed E-state index contributed by atoms with van der Waals surface area (Å²) in [5.41, 5.74) is 2.42. The minimum atomic E-state index is -0.307. The predicted molar refractivity (Wildman–Crippen MR) is 146 cm³/mol. The largest absolute Gasteiger partial charge is 0.393 e. The lowest BCUT2D eigenvalue weighted by molar-refractivity contribution is -0.207. The predicted octanol–water partition coefficient (Wildman–Crippen LogP) is 6.13. The molecule has 4 nitrogen and oxygen atoms in total. The van der Waals surface area contributed by atoms with Crippen LogP contribution in [0.15, 0.2) is 18.2 Å². The molecule has 0 amide bonds. The zero-order chi connectivity index (χ0) is 25.4. The number of benzene rings is 1. The van der Waals surface area contributed by atoms with E-state index in [2.05, 4.69) is 45.9 Å². The van der Waals surface area contributed by atoms with E-state index in [0.717, 1.165) is 63.3 Å². The Morgan fingerprint density at radius 1 is 1.06 bits per heavy atom. The Labute approximate surface area is 220 Å². The third kappa shape index (κ3) is 3.82. The Morgan fingerprint density at radius 2 is 1.86 bits per heavy atom. The van der Waals surface area contributed by atoms with E-state index >= 15 is 0 Å². The quantitative estimate of drug-likeness (QED) is 0.461. The number of nitrogens with zero attached hydrogens (tertiary/aromatic N) is 1. The molecule has 5 heteroatoms. The van der Waals surface area contributed by atoms with Gasteiger partial charge in [0.2, 0.25) is 0 Å². The molecule has 0 bridgehead atoms. The maximum Gasteiger partial charge on any atom is 0.0938 e. The smallest absolute Gasteiger partial charge is 0.0938 e. The van der Waals surface area contributed by atoms with Crippen LogP contribution in [0, 0.1) is 53.3 Å². The summed E-state index contributed by atoms with van der Waals surface area (Å²) in [6, 6.07) is 6.52. The number of aliphatic hydroxyl groups excluding tert-OH is 3. The van der Waals surface area contributed by atoms with Crippen LogP contribution < -0.4 is 0 Å². The van der Waals surface area contributed by atoms with Crippen LogP contribution in [0.3, 0.4) is 0 Å². The summed E-state index contributed by atoms with van der Waals surface area (Å²) in [4.78, 5) is 4.90. The molecule has 4 aliphatic carbocycles. The lowest BCUT2D eigenvalue weighted by Crippen LogP contribution is -2.62. The number of thiazole rings is 1. The SMILES string of the molecule is Cc1ccc2nc(CCC(C)[C@H]3CC[C@H]4[C@@H]5[C@H](O)C[C@@H]6C[C@H](O)CC[C@]6(C)[C@H]5C[C@H](O)[C@]34C)sc2c1. The van der Waals surface area contributed by atoms with Crippen LogP contribution in [-0.4, -0.2) is 38.6 Å². The summed E-state index contributed by atoms with van der Waals surface area (Å²) in [5, 5.41) is 34.9. The Bertz CT molecular complexity index is 1120. The van der Waals surface area contributed by atoms with Gasteiger partial charge in [0.05, 0.1) is 33.5 Å². The van der Waals surface area contributed by atoms with Gasteiger partial charge >= 0.3 is 0 Å². The van der Waals surface area contributed by atoms with Crippen molar-refractivity contribution in [1.82, 2.24) is 4.98 Å². The van der Waals surface area contributed by atoms with Crippen LogP contribution in [0.25, 0.3) is 10.2 Å². The molecule has 0 radical (unpaired) electrons. The second-order valence-electron chi connectivity index (χ2n) is 13.6. The van der Waals surface area contributed by atoms with Crippen LogP contribution in [0.5, 0.6) is 0 Å². The fourth-order valence-corrected chi connectivity index (χ4v) is 11.0. The Hall–Kier alpha value is -1.01. The highest BCUT2D eigenvalue weighted by Gasteiger charge is 2.65. The first-order valence-electron chi connectivity index (χ1n) is 14.5. The van der Waals surface area contributed by atoms with Crippen LogP contribution >= 0.6 is 11.3 Å². The molecule has 2 aromatic rings. The molecule has 198 valence electrons. The van der Waals surface area contributed by atoms with Gasteiger partial charge in [-0.15, -0.1) is 11.3 Å². The van der Waals surface area contributed by atoms with Gasteiger partial charge in [-0.2, -0.15) is 0 Å². The van der Waals surface area contributed by atoms with Crippen LogP contribution in [0.2, 0.25) is 0 Å². The Kier molecular flexibility index (Phi) is 6.34. The van der Waals surface area contributed by atoms with Crippen molar-refractivity contribution in [3.8, 4) is 0 Å². The number of aliphatic hydroxyl groups is 3. The summed E-state index contributed by atoms with van der Waals surface area (Å²) in [6.07, 6.45) is 7.94. The van der Waals surface area contributed by atoms with Gasteiger partial charge in [-0.1, -0.05) is 26.8 Å². The van der Waals surface area contributed by atoms with E-state index in [1.807, 2.05) is 11.3 Å². The fraction of sp³-hybridized carbons (Fsp3) is 0.774. The van der Waals surface area contributed by atoms with Crippen LogP contribution in [0.1, 0.15) is 82.7 Å². The van der Waals surface area contributed by atoms with Gasteiger partial charge in [-0.05, 0) is 129 Å². The average Bonchev–Trinajstić information content (AvgIpc) is 3.40. The maximum absolute atomic E-state index is 11.8. The first kappa shape index (κ1) is 25.3. The molecule has 1 heterocycles. The zero-order valence-corrected chi connectivity index (χ0v) is 23.3. The minimum Gasteiger partial charge on any atom is -0.393 e. The normalized spacial score (nSPS) is 45.2. The number of aromatic nitrogens is 1. The number of hydrogen-bond acceptors (Lipinski definition) is 5. The van der Waals surface area contributed by atoms with Crippen molar-refractivity contribution in [2.75, 3.05) is 0 Å². The molecule has 0 aliphatic heterocycles. The molecular weight excluding hydrogens is 466 g/mol. The van der Waals surface area contributed by atoms with E-state index in [1.165, 1.54) is 15.3 Å². The number of rotatable bonds is 4. The van der Waals surface area contributed by atoms with Crippen molar-refractivity contribution in [3.63, 3.8) is 0 Å². The van der Waals surface area contributed by atoms with E-state index < -0.39 is 0 Å². The number of hydrogen-bond donors (Lipinski definition) is 3. The van der Waals surface area contributed by atoms with Crippen molar-refractivity contribution in [2.45, 2.75) is 104 Å². The van der Waals surface area contributed by atoms with Gasteiger partial charge in [0.25, 0.3) is 0 Å². The van der Waals surface area contributed by atoms with E-state index in [-0.39, 0.29) is 29.1 Å². The molecule has 4 fully saturated rings. The average molecular weight is 512 g/mol. The van der Waals surface area contributed by atoms with Gasteiger partial charge in [-0.25, -0.2) is 4.98 Å². The first-order chi connectivity index (χ1) is 17.1. The summed E-state index contributed by atoms with van der Waals surface area (Å²) in [6.45, 7) is 9.31. The van der Waals surface area contributed by atoms with Gasteiger partial charge in [-0.3, -0.25) is 0 Å². The summed E-state index contributed by atoms with van der Waals surface area (Å²) in [5.74, 6) is 2.44. The molecule has 3 N–H and O–H groups in total. The number of fused-ring (bicyclic) bond motifs is 6. The number of aryl methyl sites for hydroxylation is 2. The molecule has 36 heavy (non-hydrogen) atoms. The van der Waals surface area contributed by atoms with Gasteiger partial charge in [0.1, 0.15) is 0 Å². The lowest BCUT2D eigenvalue weighted by atomic mass is 9.43. The van der Waals surface area contributed by atoms with Gasteiger partial charge < -0.3 is 15.3 Å².